The first kappa shape index (κ1) is 10.4. The summed E-state index contributed by atoms with van der Waals surface area (Å²) in [6, 6.07) is 2.34. The summed E-state index contributed by atoms with van der Waals surface area (Å²) in [6.45, 7) is 0. The summed E-state index contributed by atoms with van der Waals surface area (Å²) in [4.78, 5) is 10.3. The summed E-state index contributed by atoms with van der Waals surface area (Å²) in [5, 5.41) is 17.5. The Kier molecular flexibility index (Phi) is 3.19. The van der Waals surface area contributed by atoms with Crippen LogP contribution in [0, 0.1) is 5.82 Å². The van der Waals surface area contributed by atoms with Crippen molar-refractivity contribution in [1.82, 2.24) is 0 Å². The van der Waals surface area contributed by atoms with Gasteiger partial charge in [-0.2, -0.15) is 0 Å². The van der Waals surface area contributed by atoms with Crippen LogP contribution in [-0.4, -0.2) is 23.5 Å². The Morgan fingerprint density at radius 1 is 1.46 bits per heavy atom. The summed E-state index contributed by atoms with van der Waals surface area (Å²) in [5.41, 5.74) is -0.146. The fourth-order valence-corrected chi connectivity index (χ4v) is 1.38. The van der Waals surface area contributed by atoms with Crippen LogP contribution in [0.5, 0.6) is 0 Å². The van der Waals surface area contributed by atoms with Crippen molar-refractivity contribution >= 4 is 34.8 Å². The molecule has 68 valence electrons. The van der Waals surface area contributed by atoms with Gasteiger partial charge in [-0.1, -0.05) is 0 Å². The molecule has 0 aliphatic heterocycles. The minimum Gasteiger partial charge on any atom is -0.423 e. The van der Waals surface area contributed by atoms with Gasteiger partial charge in [0, 0.05) is 11.0 Å². The van der Waals surface area contributed by atoms with Crippen LogP contribution in [0.1, 0.15) is 10.4 Å². The smallest absolute Gasteiger partial charge is 0.423 e. The first-order chi connectivity index (χ1) is 6.06. The van der Waals surface area contributed by atoms with Crippen molar-refractivity contribution in [2.24, 2.45) is 0 Å². The molecule has 0 bridgehead atoms. The molecular formula is C7H5BBrFO3. The molecule has 0 fully saturated rings. The first-order valence-electron chi connectivity index (χ1n) is 3.36. The summed E-state index contributed by atoms with van der Waals surface area (Å²) in [7, 11) is -1.92. The molecule has 3 nitrogen and oxygen atoms in total. The number of aldehydes is 1. The molecule has 0 heterocycles. The Hall–Kier alpha value is -0.715. The van der Waals surface area contributed by atoms with E-state index in [4.69, 9.17) is 10.0 Å². The molecule has 1 aromatic rings. The number of halogens is 2. The molecule has 0 saturated heterocycles. The zero-order valence-electron chi connectivity index (χ0n) is 6.37. The number of hydrogen-bond donors (Lipinski definition) is 2. The van der Waals surface area contributed by atoms with Crippen molar-refractivity contribution in [3.05, 3.63) is 28.0 Å². The van der Waals surface area contributed by atoms with E-state index in [1.54, 1.807) is 0 Å². The van der Waals surface area contributed by atoms with Crippen LogP contribution in [-0.2, 0) is 0 Å². The number of carbonyl (C=O) groups excluding carboxylic acids is 1. The van der Waals surface area contributed by atoms with Crippen molar-refractivity contribution in [3.8, 4) is 0 Å². The summed E-state index contributed by atoms with van der Waals surface area (Å²) in [6.07, 6.45) is 0.496. The number of hydrogen-bond acceptors (Lipinski definition) is 3. The molecule has 0 unspecified atom stereocenters. The summed E-state index contributed by atoms with van der Waals surface area (Å²) in [5.74, 6) is -0.777. The monoisotopic (exact) mass is 246 g/mol. The van der Waals surface area contributed by atoms with Gasteiger partial charge < -0.3 is 10.0 Å². The second-order valence-corrected chi connectivity index (χ2v) is 3.25. The zero-order chi connectivity index (χ0) is 10.0. The standard InChI is InChI=1S/C7H5BBrFO3/c9-6-2-4(3-11)1-5(7(6)10)8(12)13/h1-3,12-13H. The quantitative estimate of drug-likeness (QED) is 0.574. The molecule has 13 heavy (non-hydrogen) atoms. The van der Waals surface area contributed by atoms with Gasteiger partial charge in [0.2, 0.25) is 0 Å². The van der Waals surface area contributed by atoms with E-state index in [0.29, 0.717) is 6.29 Å². The van der Waals surface area contributed by atoms with E-state index < -0.39 is 12.9 Å². The molecule has 1 aromatic carbocycles. The lowest BCUT2D eigenvalue weighted by Gasteiger charge is -2.04. The lowest BCUT2D eigenvalue weighted by molar-refractivity contribution is 0.112. The first-order valence-corrected chi connectivity index (χ1v) is 4.16. The molecule has 0 aliphatic rings. The largest absolute Gasteiger partial charge is 0.491 e. The van der Waals surface area contributed by atoms with E-state index in [1.165, 1.54) is 6.07 Å². The van der Waals surface area contributed by atoms with Crippen LogP contribution in [0.2, 0.25) is 0 Å². The van der Waals surface area contributed by atoms with Crippen LogP contribution >= 0.6 is 15.9 Å². The Bertz CT molecular complexity index is 343. The maximum Gasteiger partial charge on any atom is 0.491 e. The third kappa shape index (κ3) is 2.15. The van der Waals surface area contributed by atoms with E-state index in [9.17, 15) is 9.18 Å². The molecule has 0 radical (unpaired) electrons. The maximum absolute atomic E-state index is 13.1. The van der Waals surface area contributed by atoms with Gasteiger partial charge in [-0.15, -0.1) is 0 Å². The van der Waals surface area contributed by atoms with E-state index in [0.717, 1.165) is 6.07 Å². The molecule has 6 heteroatoms. The number of rotatable bonds is 2. The van der Waals surface area contributed by atoms with Gasteiger partial charge in [0.25, 0.3) is 0 Å². The third-order valence-corrected chi connectivity index (χ3v) is 2.07. The Balaban J connectivity index is 3.32. The van der Waals surface area contributed by atoms with Crippen LogP contribution in [0.3, 0.4) is 0 Å². The van der Waals surface area contributed by atoms with Gasteiger partial charge in [-0.3, -0.25) is 4.79 Å². The highest BCUT2D eigenvalue weighted by atomic mass is 79.9. The molecule has 0 amide bonds. The average molecular weight is 247 g/mol. The Morgan fingerprint density at radius 2 is 2.08 bits per heavy atom. The van der Waals surface area contributed by atoms with E-state index in [1.807, 2.05) is 0 Å². The summed E-state index contributed by atoms with van der Waals surface area (Å²) < 4.78 is 13.1. The minimum absolute atomic E-state index is 0.0280. The fourth-order valence-electron chi connectivity index (χ4n) is 0.888. The molecule has 1 rings (SSSR count). The highest BCUT2D eigenvalue weighted by Crippen LogP contribution is 2.14. The summed E-state index contributed by atoms with van der Waals surface area (Å²) >= 11 is 2.85. The molecule has 2 N–H and O–H groups in total. The lowest BCUT2D eigenvalue weighted by atomic mass is 9.79. The maximum atomic E-state index is 13.1. The van der Waals surface area contributed by atoms with Crippen molar-refractivity contribution in [1.29, 1.82) is 0 Å². The molecular weight excluding hydrogens is 242 g/mol. The van der Waals surface area contributed by atoms with Gasteiger partial charge in [-0.25, -0.2) is 4.39 Å². The zero-order valence-corrected chi connectivity index (χ0v) is 7.95. The number of carbonyl (C=O) groups is 1. The topological polar surface area (TPSA) is 57.5 Å². The predicted molar refractivity (Wildman–Crippen MR) is 49.3 cm³/mol. The molecule has 0 aromatic heterocycles. The van der Waals surface area contributed by atoms with Crippen LogP contribution in [0.15, 0.2) is 16.6 Å². The molecule has 0 spiro atoms. The highest BCUT2D eigenvalue weighted by molar-refractivity contribution is 9.10. The van der Waals surface area contributed by atoms with Gasteiger partial charge >= 0.3 is 7.12 Å². The van der Waals surface area contributed by atoms with Crippen molar-refractivity contribution in [2.75, 3.05) is 0 Å². The predicted octanol–water partition coefficient (Wildman–Crippen LogP) is 0.0805. The van der Waals surface area contributed by atoms with Gasteiger partial charge in [0.1, 0.15) is 12.1 Å². The second-order valence-electron chi connectivity index (χ2n) is 2.40. The fraction of sp³-hybridized carbons (Fsp3) is 0. The molecule has 0 aliphatic carbocycles. The Morgan fingerprint density at radius 3 is 2.54 bits per heavy atom. The van der Waals surface area contributed by atoms with Crippen molar-refractivity contribution < 1.29 is 19.2 Å². The normalized spacial score (nSPS) is 9.85. The van der Waals surface area contributed by atoms with Gasteiger partial charge in [-0.05, 0) is 28.1 Å². The van der Waals surface area contributed by atoms with E-state index in [-0.39, 0.29) is 15.5 Å². The molecule has 0 saturated carbocycles. The second kappa shape index (κ2) is 4.00. The van der Waals surface area contributed by atoms with Crippen molar-refractivity contribution in [2.45, 2.75) is 0 Å². The van der Waals surface area contributed by atoms with Crippen molar-refractivity contribution in [3.63, 3.8) is 0 Å². The minimum atomic E-state index is -1.92. The van der Waals surface area contributed by atoms with Crippen LogP contribution < -0.4 is 5.46 Å². The SMILES string of the molecule is O=Cc1cc(Br)c(F)c(B(O)O)c1. The lowest BCUT2D eigenvalue weighted by Crippen LogP contribution is -2.33. The van der Waals surface area contributed by atoms with Gasteiger partial charge in [0.05, 0.1) is 4.47 Å². The third-order valence-electron chi connectivity index (χ3n) is 1.49. The van der Waals surface area contributed by atoms with Gasteiger partial charge in [0.15, 0.2) is 0 Å². The molecule has 0 atom stereocenters. The van der Waals surface area contributed by atoms with E-state index in [2.05, 4.69) is 15.9 Å². The van der Waals surface area contributed by atoms with Crippen LogP contribution in [0.4, 0.5) is 4.39 Å². The number of benzene rings is 1. The van der Waals surface area contributed by atoms with Crippen LogP contribution in [0.25, 0.3) is 0 Å². The Labute approximate surface area is 82.5 Å². The highest BCUT2D eigenvalue weighted by Gasteiger charge is 2.19. The average Bonchev–Trinajstić information content (AvgIpc) is 2.09. The van der Waals surface area contributed by atoms with E-state index >= 15 is 0 Å².